The molecule has 3 atom stereocenters. The van der Waals surface area contributed by atoms with E-state index in [9.17, 15) is 10.2 Å². The van der Waals surface area contributed by atoms with Crippen molar-refractivity contribution >= 4 is 0 Å². The molecule has 2 N–H and O–H groups in total. The summed E-state index contributed by atoms with van der Waals surface area (Å²) < 4.78 is 0. The quantitative estimate of drug-likeness (QED) is 0.808. The lowest BCUT2D eigenvalue weighted by molar-refractivity contribution is -0.00685. The van der Waals surface area contributed by atoms with Crippen LogP contribution < -0.4 is 0 Å². The van der Waals surface area contributed by atoms with E-state index in [4.69, 9.17) is 0 Å². The molecular weight excluding hydrogens is 238 g/mol. The first-order valence-corrected chi connectivity index (χ1v) is 7.94. The molecular formula is C16H31NO2. The number of hydrogen-bond acceptors (Lipinski definition) is 3. The van der Waals surface area contributed by atoms with Crippen LogP contribution in [0.5, 0.6) is 0 Å². The Hall–Kier alpha value is -0.120. The predicted octanol–water partition coefficient (Wildman–Crippen LogP) is 2.27. The van der Waals surface area contributed by atoms with Crippen LogP contribution >= 0.6 is 0 Å². The molecule has 0 amide bonds. The van der Waals surface area contributed by atoms with Crippen LogP contribution in [-0.4, -0.2) is 47.0 Å². The second-order valence-corrected chi connectivity index (χ2v) is 7.74. The SMILES string of the molecule is CC(C)(C)C1CCC(O)C(CN2CCC(O)CC2)C1. The first-order chi connectivity index (χ1) is 8.86. The molecule has 1 heterocycles. The second kappa shape index (κ2) is 6.11. The molecule has 3 heteroatoms. The van der Waals surface area contributed by atoms with Crippen molar-refractivity contribution in [3.8, 4) is 0 Å². The third kappa shape index (κ3) is 4.17. The summed E-state index contributed by atoms with van der Waals surface area (Å²) in [7, 11) is 0. The van der Waals surface area contributed by atoms with Crippen molar-refractivity contribution in [1.29, 1.82) is 0 Å². The standard InChI is InChI=1S/C16H31NO2/c1-16(2,3)13-4-5-15(19)12(10-13)11-17-8-6-14(18)7-9-17/h12-15,18-19H,4-11H2,1-3H3. The molecule has 1 aliphatic heterocycles. The minimum absolute atomic E-state index is 0.102. The Bertz CT molecular complexity index is 279. The van der Waals surface area contributed by atoms with E-state index in [-0.39, 0.29) is 12.2 Å². The molecule has 1 saturated carbocycles. The highest BCUT2D eigenvalue weighted by Gasteiger charge is 2.36. The maximum Gasteiger partial charge on any atom is 0.0580 e. The molecule has 0 radical (unpaired) electrons. The molecule has 3 nitrogen and oxygen atoms in total. The van der Waals surface area contributed by atoms with Crippen LogP contribution in [-0.2, 0) is 0 Å². The molecule has 1 saturated heterocycles. The molecule has 2 rings (SSSR count). The number of likely N-dealkylation sites (tertiary alicyclic amines) is 1. The predicted molar refractivity (Wildman–Crippen MR) is 78.0 cm³/mol. The zero-order valence-corrected chi connectivity index (χ0v) is 12.8. The molecule has 112 valence electrons. The van der Waals surface area contributed by atoms with Gasteiger partial charge in [-0.3, -0.25) is 0 Å². The average Bonchev–Trinajstić information content (AvgIpc) is 2.33. The molecule has 0 aromatic carbocycles. The van der Waals surface area contributed by atoms with Gasteiger partial charge in [0.05, 0.1) is 12.2 Å². The number of piperidine rings is 1. The Balaban J connectivity index is 1.87. The van der Waals surface area contributed by atoms with Crippen LogP contribution in [0.25, 0.3) is 0 Å². The normalized spacial score (nSPS) is 35.5. The highest BCUT2D eigenvalue weighted by molar-refractivity contribution is 4.87. The number of aliphatic hydroxyl groups excluding tert-OH is 2. The molecule has 0 aromatic heterocycles. The zero-order chi connectivity index (χ0) is 14.0. The van der Waals surface area contributed by atoms with E-state index in [0.717, 1.165) is 51.2 Å². The van der Waals surface area contributed by atoms with Gasteiger partial charge in [0.1, 0.15) is 0 Å². The smallest absolute Gasteiger partial charge is 0.0580 e. The Labute approximate surface area is 118 Å². The number of nitrogens with zero attached hydrogens (tertiary/aromatic N) is 1. The van der Waals surface area contributed by atoms with Gasteiger partial charge < -0.3 is 15.1 Å². The van der Waals surface area contributed by atoms with E-state index < -0.39 is 0 Å². The van der Waals surface area contributed by atoms with E-state index in [0.29, 0.717) is 11.3 Å². The fourth-order valence-electron chi connectivity index (χ4n) is 3.66. The summed E-state index contributed by atoms with van der Waals surface area (Å²) in [6.45, 7) is 9.96. The van der Waals surface area contributed by atoms with Crippen LogP contribution in [0.15, 0.2) is 0 Å². The van der Waals surface area contributed by atoms with Gasteiger partial charge in [-0.15, -0.1) is 0 Å². The molecule has 3 unspecified atom stereocenters. The van der Waals surface area contributed by atoms with Crippen LogP contribution in [0.2, 0.25) is 0 Å². The summed E-state index contributed by atoms with van der Waals surface area (Å²) >= 11 is 0. The molecule has 0 aromatic rings. The van der Waals surface area contributed by atoms with Crippen molar-refractivity contribution in [2.75, 3.05) is 19.6 Å². The van der Waals surface area contributed by atoms with E-state index in [1.807, 2.05) is 0 Å². The van der Waals surface area contributed by atoms with Gasteiger partial charge in [-0.1, -0.05) is 20.8 Å². The lowest BCUT2D eigenvalue weighted by atomic mass is 9.68. The molecule has 2 aliphatic rings. The van der Waals surface area contributed by atoms with Crippen molar-refractivity contribution in [3.63, 3.8) is 0 Å². The van der Waals surface area contributed by atoms with Gasteiger partial charge in [0, 0.05) is 19.6 Å². The lowest BCUT2D eigenvalue weighted by Gasteiger charge is -2.42. The Morgan fingerprint density at radius 1 is 1.00 bits per heavy atom. The van der Waals surface area contributed by atoms with E-state index in [2.05, 4.69) is 25.7 Å². The van der Waals surface area contributed by atoms with E-state index in [1.54, 1.807) is 0 Å². The van der Waals surface area contributed by atoms with Crippen LogP contribution in [0.3, 0.4) is 0 Å². The van der Waals surface area contributed by atoms with Crippen molar-refractivity contribution in [2.45, 2.75) is 65.1 Å². The van der Waals surface area contributed by atoms with Crippen LogP contribution in [0.4, 0.5) is 0 Å². The van der Waals surface area contributed by atoms with Crippen molar-refractivity contribution in [1.82, 2.24) is 4.90 Å². The maximum atomic E-state index is 10.3. The van der Waals surface area contributed by atoms with E-state index in [1.165, 1.54) is 6.42 Å². The fourth-order valence-corrected chi connectivity index (χ4v) is 3.66. The summed E-state index contributed by atoms with van der Waals surface area (Å²) in [5.74, 6) is 1.16. The third-order valence-corrected chi connectivity index (χ3v) is 5.22. The first kappa shape index (κ1) is 15.3. The largest absolute Gasteiger partial charge is 0.393 e. The Morgan fingerprint density at radius 3 is 2.21 bits per heavy atom. The zero-order valence-electron chi connectivity index (χ0n) is 12.8. The monoisotopic (exact) mass is 269 g/mol. The highest BCUT2D eigenvalue weighted by atomic mass is 16.3. The number of rotatable bonds is 2. The Morgan fingerprint density at radius 2 is 1.63 bits per heavy atom. The maximum absolute atomic E-state index is 10.3. The van der Waals surface area contributed by atoms with Gasteiger partial charge in [-0.05, 0) is 49.4 Å². The van der Waals surface area contributed by atoms with Crippen molar-refractivity contribution in [2.24, 2.45) is 17.3 Å². The minimum atomic E-state index is -0.120. The van der Waals surface area contributed by atoms with Gasteiger partial charge in [0.25, 0.3) is 0 Å². The lowest BCUT2D eigenvalue weighted by Crippen LogP contribution is -2.44. The van der Waals surface area contributed by atoms with Crippen LogP contribution in [0, 0.1) is 17.3 Å². The van der Waals surface area contributed by atoms with Gasteiger partial charge in [0.2, 0.25) is 0 Å². The molecule has 19 heavy (non-hydrogen) atoms. The van der Waals surface area contributed by atoms with Gasteiger partial charge in [0.15, 0.2) is 0 Å². The first-order valence-electron chi connectivity index (χ1n) is 7.94. The number of hydrogen-bond donors (Lipinski definition) is 2. The van der Waals surface area contributed by atoms with Gasteiger partial charge >= 0.3 is 0 Å². The average molecular weight is 269 g/mol. The minimum Gasteiger partial charge on any atom is -0.393 e. The van der Waals surface area contributed by atoms with Crippen molar-refractivity contribution < 1.29 is 10.2 Å². The second-order valence-electron chi connectivity index (χ2n) is 7.74. The van der Waals surface area contributed by atoms with Crippen molar-refractivity contribution in [3.05, 3.63) is 0 Å². The topological polar surface area (TPSA) is 43.7 Å². The molecule has 1 aliphatic carbocycles. The van der Waals surface area contributed by atoms with Gasteiger partial charge in [-0.25, -0.2) is 0 Å². The summed E-state index contributed by atoms with van der Waals surface area (Å²) in [5.41, 5.74) is 0.358. The number of aliphatic hydroxyl groups is 2. The third-order valence-electron chi connectivity index (χ3n) is 5.22. The highest BCUT2D eigenvalue weighted by Crippen LogP contribution is 2.40. The molecule has 0 bridgehead atoms. The summed E-state index contributed by atoms with van der Waals surface area (Å²) in [4.78, 5) is 2.44. The molecule has 0 spiro atoms. The molecule has 2 fully saturated rings. The van der Waals surface area contributed by atoms with E-state index >= 15 is 0 Å². The summed E-state index contributed by atoms with van der Waals surface area (Å²) in [6.07, 6.45) is 4.85. The summed E-state index contributed by atoms with van der Waals surface area (Å²) in [5, 5.41) is 19.8. The Kier molecular flexibility index (Phi) is 4.91. The van der Waals surface area contributed by atoms with Crippen LogP contribution in [0.1, 0.15) is 52.9 Å². The summed E-state index contributed by atoms with van der Waals surface area (Å²) in [6, 6.07) is 0. The van der Waals surface area contributed by atoms with Gasteiger partial charge in [-0.2, -0.15) is 0 Å². The fraction of sp³-hybridized carbons (Fsp3) is 1.00.